The van der Waals surface area contributed by atoms with Crippen LogP contribution in [-0.2, 0) is 9.53 Å². The number of hydrogen-bond donors (Lipinski definition) is 1. The Labute approximate surface area is 66.4 Å². The number of aliphatic carboxylic acids is 1. The smallest absolute Gasteiger partial charge is 0.306 e. The molecule has 64 valence electrons. The van der Waals surface area contributed by atoms with Gasteiger partial charge in [0, 0.05) is 13.7 Å². The zero-order chi connectivity index (χ0) is 8.27. The van der Waals surface area contributed by atoms with Crippen LogP contribution in [0.25, 0.3) is 0 Å². The largest absolute Gasteiger partial charge is 0.481 e. The summed E-state index contributed by atoms with van der Waals surface area (Å²) in [5.74, 6) is -0.572. The highest BCUT2D eigenvalue weighted by Gasteiger charge is 2.32. The fourth-order valence-electron chi connectivity index (χ4n) is 1.78. The van der Waals surface area contributed by atoms with Crippen LogP contribution in [0.4, 0.5) is 0 Å². The first kappa shape index (κ1) is 8.53. The van der Waals surface area contributed by atoms with Gasteiger partial charge in [-0.15, -0.1) is 0 Å². The summed E-state index contributed by atoms with van der Waals surface area (Å²) in [6.45, 7) is 0.594. The first-order valence-electron chi connectivity index (χ1n) is 3.97. The molecule has 1 aliphatic rings. The highest BCUT2D eigenvalue weighted by atomic mass is 16.5. The Morgan fingerprint density at radius 2 is 2.36 bits per heavy atom. The predicted molar refractivity (Wildman–Crippen MR) is 40.3 cm³/mol. The Morgan fingerprint density at radius 1 is 1.64 bits per heavy atom. The molecule has 0 saturated heterocycles. The van der Waals surface area contributed by atoms with E-state index in [9.17, 15) is 4.79 Å². The van der Waals surface area contributed by atoms with E-state index in [2.05, 4.69) is 0 Å². The molecule has 1 saturated carbocycles. The van der Waals surface area contributed by atoms with Gasteiger partial charge in [-0.3, -0.25) is 4.79 Å². The van der Waals surface area contributed by atoms with Crippen LogP contribution in [0.3, 0.4) is 0 Å². The summed E-state index contributed by atoms with van der Waals surface area (Å²) in [4.78, 5) is 10.6. The molecule has 3 heteroatoms. The lowest BCUT2D eigenvalue weighted by Crippen LogP contribution is -2.21. The van der Waals surface area contributed by atoms with Gasteiger partial charge in [-0.2, -0.15) is 0 Å². The van der Waals surface area contributed by atoms with Crippen LogP contribution in [0, 0.1) is 11.8 Å². The lowest BCUT2D eigenvalue weighted by molar-refractivity contribution is -0.143. The van der Waals surface area contributed by atoms with Gasteiger partial charge < -0.3 is 9.84 Å². The molecule has 0 aromatic rings. The maximum Gasteiger partial charge on any atom is 0.306 e. The van der Waals surface area contributed by atoms with Crippen molar-refractivity contribution in [1.29, 1.82) is 0 Å². The second-order valence-corrected chi connectivity index (χ2v) is 3.09. The van der Waals surface area contributed by atoms with Crippen molar-refractivity contribution in [2.75, 3.05) is 13.7 Å². The third kappa shape index (κ3) is 1.93. The standard InChI is InChI=1S/C8H14O3/c1-11-5-6-3-2-4-7(6)8(9)10/h6-7H,2-5H2,1H3,(H,9,10). The van der Waals surface area contributed by atoms with E-state index >= 15 is 0 Å². The van der Waals surface area contributed by atoms with Gasteiger partial charge in [-0.1, -0.05) is 6.42 Å². The predicted octanol–water partition coefficient (Wildman–Crippen LogP) is 1.13. The molecule has 0 aromatic heterocycles. The summed E-state index contributed by atoms with van der Waals surface area (Å²) < 4.78 is 4.94. The molecule has 3 nitrogen and oxygen atoms in total. The van der Waals surface area contributed by atoms with E-state index < -0.39 is 5.97 Å². The zero-order valence-corrected chi connectivity index (χ0v) is 6.75. The molecule has 2 atom stereocenters. The Morgan fingerprint density at radius 3 is 2.91 bits per heavy atom. The number of carboxylic acids is 1. The van der Waals surface area contributed by atoms with Gasteiger partial charge in [-0.25, -0.2) is 0 Å². The van der Waals surface area contributed by atoms with Crippen LogP contribution in [0.1, 0.15) is 19.3 Å². The molecule has 2 unspecified atom stereocenters. The molecule has 1 aliphatic carbocycles. The summed E-state index contributed by atoms with van der Waals surface area (Å²) in [7, 11) is 1.62. The molecule has 1 N–H and O–H groups in total. The summed E-state index contributed by atoms with van der Waals surface area (Å²) >= 11 is 0. The van der Waals surface area contributed by atoms with E-state index in [0.29, 0.717) is 6.61 Å². The Hall–Kier alpha value is -0.570. The minimum Gasteiger partial charge on any atom is -0.481 e. The molecular weight excluding hydrogens is 144 g/mol. The van der Waals surface area contributed by atoms with Crippen LogP contribution in [0.5, 0.6) is 0 Å². The number of carboxylic acid groups (broad SMARTS) is 1. The molecule has 1 rings (SSSR count). The Balaban J connectivity index is 2.44. The van der Waals surface area contributed by atoms with E-state index in [-0.39, 0.29) is 11.8 Å². The Bertz CT molecular complexity index is 144. The molecule has 0 bridgehead atoms. The van der Waals surface area contributed by atoms with Crippen molar-refractivity contribution in [2.24, 2.45) is 11.8 Å². The van der Waals surface area contributed by atoms with Gasteiger partial charge in [0.25, 0.3) is 0 Å². The summed E-state index contributed by atoms with van der Waals surface area (Å²) in [6, 6.07) is 0. The molecule has 0 spiro atoms. The number of hydrogen-bond acceptors (Lipinski definition) is 2. The summed E-state index contributed by atoms with van der Waals surface area (Å²) in [6.07, 6.45) is 2.86. The second kappa shape index (κ2) is 3.72. The third-order valence-corrected chi connectivity index (χ3v) is 2.36. The van der Waals surface area contributed by atoms with Crippen molar-refractivity contribution in [3.8, 4) is 0 Å². The first-order chi connectivity index (χ1) is 5.25. The van der Waals surface area contributed by atoms with Crippen LogP contribution < -0.4 is 0 Å². The van der Waals surface area contributed by atoms with Crippen molar-refractivity contribution in [3.05, 3.63) is 0 Å². The average molecular weight is 158 g/mol. The minimum absolute atomic E-state index is 0.157. The van der Waals surface area contributed by atoms with Crippen molar-refractivity contribution < 1.29 is 14.6 Å². The first-order valence-corrected chi connectivity index (χ1v) is 3.97. The van der Waals surface area contributed by atoms with Gasteiger partial charge >= 0.3 is 5.97 Å². The van der Waals surface area contributed by atoms with Crippen LogP contribution >= 0.6 is 0 Å². The van der Waals surface area contributed by atoms with Gasteiger partial charge in [0.2, 0.25) is 0 Å². The highest BCUT2D eigenvalue weighted by Crippen LogP contribution is 2.31. The molecule has 0 radical (unpaired) electrons. The molecular formula is C8H14O3. The van der Waals surface area contributed by atoms with Crippen molar-refractivity contribution in [1.82, 2.24) is 0 Å². The van der Waals surface area contributed by atoms with E-state index in [1.807, 2.05) is 0 Å². The van der Waals surface area contributed by atoms with E-state index in [1.54, 1.807) is 7.11 Å². The van der Waals surface area contributed by atoms with Gasteiger partial charge in [0.15, 0.2) is 0 Å². The lowest BCUT2D eigenvalue weighted by atomic mass is 9.97. The quantitative estimate of drug-likeness (QED) is 0.669. The van der Waals surface area contributed by atoms with Gasteiger partial charge in [0.05, 0.1) is 5.92 Å². The molecule has 0 amide bonds. The maximum absolute atomic E-state index is 10.6. The summed E-state index contributed by atoms with van der Waals surface area (Å²) in [5, 5.41) is 8.75. The van der Waals surface area contributed by atoms with E-state index in [4.69, 9.17) is 9.84 Å². The lowest BCUT2D eigenvalue weighted by Gasteiger charge is -2.13. The topological polar surface area (TPSA) is 46.5 Å². The maximum atomic E-state index is 10.6. The van der Waals surface area contributed by atoms with Crippen molar-refractivity contribution in [3.63, 3.8) is 0 Å². The highest BCUT2D eigenvalue weighted by molar-refractivity contribution is 5.70. The fourth-order valence-corrected chi connectivity index (χ4v) is 1.78. The Kier molecular flexibility index (Phi) is 2.88. The molecule has 0 aliphatic heterocycles. The van der Waals surface area contributed by atoms with E-state index in [1.165, 1.54) is 0 Å². The molecule has 0 aromatic carbocycles. The number of rotatable bonds is 3. The van der Waals surface area contributed by atoms with Crippen molar-refractivity contribution in [2.45, 2.75) is 19.3 Å². The third-order valence-electron chi connectivity index (χ3n) is 2.36. The van der Waals surface area contributed by atoms with Gasteiger partial charge in [0.1, 0.15) is 0 Å². The second-order valence-electron chi connectivity index (χ2n) is 3.09. The SMILES string of the molecule is COCC1CCCC1C(=O)O. The van der Waals surface area contributed by atoms with Crippen LogP contribution in [0.2, 0.25) is 0 Å². The number of ether oxygens (including phenoxy) is 1. The van der Waals surface area contributed by atoms with Crippen LogP contribution in [0.15, 0.2) is 0 Å². The monoisotopic (exact) mass is 158 g/mol. The number of carbonyl (C=O) groups is 1. The molecule has 0 heterocycles. The van der Waals surface area contributed by atoms with Gasteiger partial charge in [-0.05, 0) is 18.8 Å². The summed E-state index contributed by atoms with van der Waals surface area (Å²) in [5.41, 5.74) is 0. The van der Waals surface area contributed by atoms with E-state index in [0.717, 1.165) is 19.3 Å². The molecule has 1 fully saturated rings. The molecule has 11 heavy (non-hydrogen) atoms. The average Bonchev–Trinajstić information content (AvgIpc) is 2.36. The minimum atomic E-state index is -0.662. The number of methoxy groups -OCH3 is 1. The zero-order valence-electron chi connectivity index (χ0n) is 6.75. The fraction of sp³-hybridized carbons (Fsp3) is 0.875. The normalized spacial score (nSPS) is 30.6. The van der Waals surface area contributed by atoms with Crippen molar-refractivity contribution >= 4 is 5.97 Å². The van der Waals surface area contributed by atoms with Crippen LogP contribution in [-0.4, -0.2) is 24.8 Å².